The Kier molecular flexibility index (Phi) is 6.37. The molecular weight excluding hydrogens is 306 g/mol. The first-order valence-electron chi connectivity index (χ1n) is 7.66. The van der Waals surface area contributed by atoms with E-state index < -0.39 is 12.0 Å². The van der Waals surface area contributed by atoms with Gasteiger partial charge in [-0.05, 0) is 23.3 Å². The molecule has 2 rings (SSSR count). The Labute approximate surface area is 141 Å². The number of rotatable bonds is 7. The van der Waals surface area contributed by atoms with Gasteiger partial charge in [0.15, 0.2) is 0 Å². The predicted molar refractivity (Wildman–Crippen MR) is 90.8 cm³/mol. The molecule has 0 unspecified atom stereocenters. The Hall–Kier alpha value is -2.82. The summed E-state index contributed by atoms with van der Waals surface area (Å²) in [7, 11) is 2.90. The molecule has 0 heterocycles. The average Bonchev–Trinajstić information content (AvgIpc) is 2.62. The molecule has 1 N–H and O–H groups in total. The second kappa shape index (κ2) is 8.72. The van der Waals surface area contributed by atoms with Crippen molar-refractivity contribution in [2.45, 2.75) is 18.9 Å². The number of esters is 1. The third-order valence-corrected chi connectivity index (χ3v) is 3.63. The van der Waals surface area contributed by atoms with E-state index >= 15 is 0 Å². The molecule has 0 aliphatic carbocycles. The van der Waals surface area contributed by atoms with Gasteiger partial charge in [-0.15, -0.1) is 0 Å². The van der Waals surface area contributed by atoms with E-state index in [9.17, 15) is 9.59 Å². The lowest BCUT2D eigenvalue weighted by molar-refractivity contribution is -0.145. The fourth-order valence-corrected chi connectivity index (χ4v) is 2.36. The number of carbonyl (C=O) groups is 2. The first-order chi connectivity index (χ1) is 11.6. The van der Waals surface area contributed by atoms with Crippen molar-refractivity contribution < 1.29 is 19.1 Å². The summed E-state index contributed by atoms with van der Waals surface area (Å²) in [5.41, 5.74) is 1.80. The molecule has 0 radical (unpaired) electrons. The minimum absolute atomic E-state index is 0.187. The van der Waals surface area contributed by atoms with Crippen LogP contribution < -0.4 is 10.1 Å². The first-order valence-corrected chi connectivity index (χ1v) is 7.66. The van der Waals surface area contributed by atoms with E-state index in [1.54, 1.807) is 19.2 Å². The molecule has 0 bridgehead atoms. The Bertz CT molecular complexity index is 668. The second-order valence-electron chi connectivity index (χ2n) is 5.36. The van der Waals surface area contributed by atoms with Crippen molar-refractivity contribution in [3.8, 4) is 5.75 Å². The van der Waals surface area contributed by atoms with Gasteiger partial charge in [-0.25, -0.2) is 4.79 Å². The number of carbonyl (C=O) groups excluding carboxylic acids is 2. The van der Waals surface area contributed by atoms with Crippen LogP contribution in [0.1, 0.15) is 11.1 Å². The maximum absolute atomic E-state index is 12.2. The van der Waals surface area contributed by atoms with Gasteiger partial charge >= 0.3 is 5.97 Å². The van der Waals surface area contributed by atoms with E-state index in [0.29, 0.717) is 6.42 Å². The van der Waals surface area contributed by atoms with Gasteiger partial charge < -0.3 is 14.8 Å². The molecule has 1 atom stereocenters. The predicted octanol–water partition coefficient (Wildman–Crippen LogP) is 2.14. The quantitative estimate of drug-likeness (QED) is 0.791. The van der Waals surface area contributed by atoms with E-state index in [1.165, 1.54) is 7.11 Å². The molecule has 2 aromatic carbocycles. The molecule has 24 heavy (non-hydrogen) atoms. The lowest BCUT2D eigenvalue weighted by Crippen LogP contribution is -2.43. The Balaban J connectivity index is 1.99. The number of amides is 1. The van der Waals surface area contributed by atoms with Gasteiger partial charge in [0.25, 0.3) is 0 Å². The van der Waals surface area contributed by atoms with Crippen LogP contribution in [0.15, 0.2) is 54.6 Å². The summed E-state index contributed by atoms with van der Waals surface area (Å²) >= 11 is 0. The molecule has 0 aliphatic rings. The van der Waals surface area contributed by atoms with Gasteiger partial charge in [0.05, 0.1) is 20.6 Å². The molecule has 0 fully saturated rings. The summed E-state index contributed by atoms with van der Waals surface area (Å²) in [6.45, 7) is 0. The molecule has 5 nitrogen and oxygen atoms in total. The first kappa shape index (κ1) is 17.5. The van der Waals surface area contributed by atoms with Crippen molar-refractivity contribution >= 4 is 11.9 Å². The molecule has 0 aliphatic heterocycles. The summed E-state index contributed by atoms with van der Waals surface area (Å²) < 4.78 is 9.89. The number of benzene rings is 2. The fraction of sp³-hybridized carbons (Fsp3) is 0.263. The van der Waals surface area contributed by atoms with E-state index in [-0.39, 0.29) is 12.3 Å². The second-order valence-corrected chi connectivity index (χ2v) is 5.36. The Morgan fingerprint density at radius 2 is 1.62 bits per heavy atom. The van der Waals surface area contributed by atoms with Crippen LogP contribution in [0.5, 0.6) is 5.75 Å². The standard InChI is InChI=1S/C19H21NO4/c1-23-16-10-8-15(9-11-16)13-18(21)20-17(19(22)24-2)12-14-6-4-3-5-7-14/h3-11,17H,12-13H2,1-2H3,(H,20,21)/t17-/m0/s1. The summed E-state index contributed by atoms with van der Waals surface area (Å²) in [5.74, 6) is 0.0455. The summed E-state index contributed by atoms with van der Waals surface area (Å²) in [5, 5.41) is 2.75. The minimum atomic E-state index is -0.705. The molecule has 5 heteroatoms. The number of methoxy groups -OCH3 is 2. The van der Waals surface area contributed by atoms with Crippen LogP contribution in [-0.2, 0) is 27.2 Å². The Morgan fingerprint density at radius 3 is 2.21 bits per heavy atom. The van der Waals surface area contributed by atoms with E-state index in [2.05, 4.69) is 5.32 Å². The Morgan fingerprint density at radius 1 is 0.958 bits per heavy atom. The van der Waals surface area contributed by atoms with Crippen molar-refractivity contribution in [2.75, 3.05) is 14.2 Å². The van der Waals surface area contributed by atoms with Crippen LogP contribution in [0.2, 0.25) is 0 Å². The van der Waals surface area contributed by atoms with E-state index in [1.807, 2.05) is 42.5 Å². The van der Waals surface area contributed by atoms with Crippen LogP contribution in [0.3, 0.4) is 0 Å². The zero-order chi connectivity index (χ0) is 17.4. The summed E-state index contributed by atoms with van der Waals surface area (Å²) in [6.07, 6.45) is 0.578. The highest BCUT2D eigenvalue weighted by Gasteiger charge is 2.21. The number of hydrogen-bond donors (Lipinski definition) is 1. The van der Waals surface area contributed by atoms with E-state index in [0.717, 1.165) is 16.9 Å². The van der Waals surface area contributed by atoms with Gasteiger partial charge in [0.1, 0.15) is 11.8 Å². The third kappa shape index (κ3) is 5.12. The molecule has 1 amide bonds. The maximum atomic E-state index is 12.2. The van der Waals surface area contributed by atoms with Crippen molar-refractivity contribution in [3.63, 3.8) is 0 Å². The maximum Gasteiger partial charge on any atom is 0.328 e. The van der Waals surface area contributed by atoms with Crippen molar-refractivity contribution in [2.24, 2.45) is 0 Å². The topological polar surface area (TPSA) is 64.6 Å². The lowest BCUT2D eigenvalue weighted by atomic mass is 10.1. The smallest absolute Gasteiger partial charge is 0.328 e. The van der Waals surface area contributed by atoms with Crippen LogP contribution in [0.4, 0.5) is 0 Å². The van der Waals surface area contributed by atoms with Gasteiger partial charge in [0, 0.05) is 6.42 Å². The van der Waals surface area contributed by atoms with Crippen molar-refractivity contribution in [1.29, 1.82) is 0 Å². The molecule has 0 spiro atoms. The zero-order valence-electron chi connectivity index (χ0n) is 13.8. The highest BCUT2D eigenvalue weighted by Crippen LogP contribution is 2.12. The molecule has 0 saturated carbocycles. The third-order valence-electron chi connectivity index (χ3n) is 3.63. The number of ether oxygens (including phenoxy) is 2. The van der Waals surface area contributed by atoms with Crippen LogP contribution >= 0.6 is 0 Å². The van der Waals surface area contributed by atoms with Gasteiger partial charge in [0.2, 0.25) is 5.91 Å². The SMILES string of the molecule is COC(=O)[C@H](Cc1ccccc1)NC(=O)Cc1ccc(OC)cc1. The normalized spacial score (nSPS) is 11.4. The molecule has 2 aromatic rings. The van der Waals surface area contributed by atoms with Gasteiger partial charge in [-0.2, -0.15) is 0 Å². The fourth-order valence-electron chi connectivity index (χ4n) is 2.36. The molecule has 0 saturated heterocycles. The van der Waals surface area contributed by atoms with Crippen molar-refractivity contribution in [1.82, 2.24) is 5.32 Å². The number of nitrogens with one attached hydrogen (secondary N) is 1. The molecule has 0 aromatic heterocycles. The molecule has 126 valence electrons. The largest absolute Gasteiger partial charge is 0.497 e. The van der Waals surface area contributed by atoms with E-state index in [4.69, 9.17) is 9.47 Å². The highest BCUT2D eigenvalue weighted by molar-refractivity contribution is 5.85. The molecular formula is C19H21NO4. The van der Waals surface area contributed by atoms with Crippen molar-refractivity contribution in [3.05, 3.63) is 65.7 Å². The van der Waals surface area contributed by atoms with Crippen LogP contribution in [0.25, 0.3) is 0 Å². The monoisotopic (exact) mass is 327 g/mol. The minimum Gasteiger partial charge on any atom is -0.497 e. The highest BCUT2D eigenvalue weighted by atomic mass is 16.5. The summed E-state index contributed by atoms with van der Waals surface area (Å²) in [6, 6.07) is 16.0. The van der Waals surface area contributed by atoms with Gasteiger partial charge in [-0.1, -0.05) is 42.5 Å². The summed E-state index contributed by atoms with van der Waals surface area (Å²) in [4.78, 5) is 24.2. The average molecular weight is 327 g/mol. The lowest BCUT2D eigenvalue weighted by Gasteiger charge is -2.16. The van der Waals surface area contributed by atoms with Gasteiger partial charge in [-0.3, -0.25) is 4.79 Å². The van der Waals surface area contributed by atoms with Crippen LogP contribution in [-0.4, -0.2) is 32.1 Å². The number of hydrogen-bond acceptors (Lipinski definition) is 4. The zero-order valence-corrected chi connectivity index (χ0v) is 13.8. The van der Waals surface area contributed by atoms with Crippen LogP contribution in [0, 0.1) is 0 Å².